The van der Waals surface area contributed by atoms with Crippen molar-refractivity contribution >= 4 is 17.9 Å². The zero-order valence-electron chi connectivity index (χ0n) is 51.4. The van der Waals surface area contributed by atoms with Gasteiger partial charge in [-0.1, -0.05) is 279 Å². The minimum atomic E-state index is -0.797. The van der Waals surface area contributed by atoms with Crippen LogP contribution in [0.3, 0.4) is 0 Å². The first-order chi connectivity index (χ1) is 38.5. The van der Waals surface area contributed by atoms with Gasteiger partial charge in [-0.2, -0.15) is 0 Å². The fourth-order valence-corrected chi connectivity index (χ4v) is 9.32. The van der Waals surface area contributed by atoms with E-state index in [1.54, 1.807) is 0 Å². The van der Waals surface area contributed by atoms with E-state index in [4.69, 9.17) is 14.2 Å². The molecule has 0 N–H and O–H groups in total. The van der Waals surface area contributed by atoms with Gasteiger partial charge in [-0.25, -0.2) is 0 Å². The van der Waals surface area contributed by atoms with Crippen LogP contribution in [0.15, 0.2) is 97.2 Å². The van der Waals surface area contributed by atoms with Gasteiger partial charge in [0.15, 0.2) is 6.10 Å². The zero-order chi connectivity index (χ0) is 56.4. The van der Waals surface area contributed by atoms with Gasteiger partial charge in [-0.05, 0) is 122 Å². The third-order valence-corrected chi connectivity index (χ3v) is 14.3. The van der Waals surface area contributed by atoms with Gasteiger partial charge in [-0.15, -0.1) is 0 Å². The monoisotopic (exact) mass is 1080 g/mol. The number of esters is 3. The summed E-state index contributed by atoms with van der Waals surface area (Å²) < 4.78 is 16.9. The molecule has 0 aliphatic rings. The summed E-state index contributed by atoms with van der Waals surface area (Å²) in [5.41, 5.74) is 0. The number of hydrogen-bond acceptors (Lipinski definition) is 6. The number of hydrogen-bond donors (Lipinski definition) is 0. The van der Waals surface area contributed by atoms with Crippen molar-refractivity contribution in [3.05, 3.63) is 97.2 Å². The molecule has 0 aromatic carbocycles. The van der Waals surface area contributed by atoms with Gasteiger partial charge in [0.25, 0.3) is 0 Å². The molecule has 1 unspecified atom stereocenters. The number of unbranched alkanes of at least 4 members (excludes halogenated alkanes) is 33. The summed E-state index contributed by atoms with van der Waals surface area (Å²) in [5, 5.41) is 0. The van der Waals surface area contributed by atoms with E-state index >= 15 is 0 Å². The molecule has 0 fully saturated rings. The Bertz CT molecular complexity index is 1530. The van der Waals surface area contributed by atoms with Crippen molar-refractivity contribution in [1.82, 2.24) is 0 Å². The van der Waals surface area contributed by atoms with Crippen LogP contribution >= 0.6 is 0 Å². The van der Waals surface area contributed by atoms with Gasteiger partial charge < -0.3 is 14.2 Å². The molecular formula is C72H124O6. The molecule has 0 saturated carbocycles. The average molecular weight is 1090 g/mol. The summed E-state index contributed by atoms with van der Waals surface area (Å²) >= 11 is 0. The van der Waals surface area contributed by atoms with Crippen molar-refractivity contribution in [2.45, 2.75) is 329 Å². The van der Waals surface area contributed by atoms with Crippen LogP contribution in [0.2, 0.25) is 0 Å². The number of carbonyl (C=O) groups is 3. The molecule has 0 heterocycles. The number of rotatable bonds is 60. The van der Waals surface area contributed by atoms with E-state index in [1.807, 2.05) is 0 Å². The van der Waals surface area contributed by atoms with Gasteiger partial charge in [-0.3, -0.25) is 14.4 Å². The Balaban J connectivity index is 4.41. The summed E-state index contributed by atoms with van der Waals surface area (Å²) in [6, 6.07) is 0. The van der Waals surface area contributed by atoms with Crippen molar-refractivity contribution in [2.24, 2.45) is 0 Å². The molecule has 0 amide bonds. The van der Waals surface area contributed by atoms with Crippen LogP contribution in [-0.4, -0.2) is 37.2 Å². The van der Waals surface area contributed by atoms with Gasteiger partial charge in [0.2, 0.25) is 0 Å². The fraction of sp³-hybridized carbons (Fsp3) is 0.736. The second-order valence-electron chi connectivity index (χ2n) is 22.0. The topological polar surface area (TPSA) is 78.9 Å². The predicted octanol–water partition coefficient (Wildman–Crippen LogP) is 22.8. The lowest BCUT2D eigenvalue weighted by Gasteiger charge is -2.18. The molecule has 0 aromatic rings. The van der Waals surface area contributed by atoms with Crippen LogP contribution in [0, 0.1) is 0 Å². The maximum atomic E-state index is 12.9. The summed E-state index contributed by atoms with van der Waals surface area (Å²) in [5.74, 6) is -0.912. The molecule has 0 saturated heterocycles. The van der Waals surface area contributed by atoms with E-state index < -0.39 is 6.10 Å². The standard InChI is InChI=1S/C72H124O6/c1-4-7-10-13-16-19-22-25-28-31-33-35-36-38-39-41-44-47-50-53-56-59-62-65-71(74)77-68-69(67-76-70(73)64-61-58-55-52-49-46-43-30-27-24-21-18-15-12-9-6-3)78-72(75)66-63-60-57-54-51-48-45-42-40-37-34-32-29-26-23-20-17-14-11-8-5-2/h8,11,17,20-21,24,26,29-31,33-34,37,42-43,45,69H,4-7,9-10,12-16,18-19,22-23,25,27-28,32,35-36,38-41,44,46-68H2,1-3H3/b11-8-,20-17-,24-21-,29-26-,33-31-,37-34-,43-30-,45-42-. The maximum absolute atomic E-state index is 12.9. The van der Waals surface area contributed by atoms with Crippen molar-refractivity contribution in [2.75, 3.05) is 13.2 Å². The van der Waals surface area contributed by atoms with Gasteiger partial charge in [0.05, 0.1) is 0 Å². The Hall–Kier alpha value is -3.67. The lowest BCUT2D eigenvalue weighted by Crippen LogP contribution is -2.30. The molecule has 6 heteroatoms. The largest absolute Gasteiger partial charge is 0.462 e. The van der Waals surface area contributed by atoms with Crippen LogP contribution in [0.4, 0.5) is 0 Å². The van der Waals surface area contributed by atoms with Crippen molar-refractivity contribution in [1.29, 1.82) is 0 Å². The van der Waals surface area contributed by atoms with E-state index in [9.17, 15) is 14.4 Å². The highest BCUT2D eigenvalue weighted by Gasteiger charge is 2.19. The molecule has 78 heavy (non-hydrogen) atoms. The van der Waals surface area contributed by atoms with Crippen molar-refractivity contribution in [3.63, 3.8) is 0 Å². The molecule has 0 spiro atoms. The van der Waals surface area contributed by atoms with Crippen LogP contribution in [0.25, 0.3) is 0 Å². The van der Waals surface area contributed by atoms with Gasteiger partial charge >= 0.3 is 17.9 Å². The Morgan fingerprint density at radius 2 is 0.500 bits per heavy atom. The Morgan fingerprint density at radius 1 is 0.269 bits per heavy atom. The minimum Gasteiger partial charge on any atom is -0.462 e. The van der Waals surface area contributed by atoms with E-state index in [0.29, 0.717) is 19.3 Å². The normalized spacial score (nSPS) is 12.7. The third kappa shape index (κ3) is 63.2. The molecule has 0 radical (unpaired) electrons. The van der Waals surface area contributed by atoms with Crippen molar-refractivity contribution < 1.29 is 28.6 Å². The molecule has 448 valence electrons. The second kappa shape index (κ2) is 65.8. The molecule has 1 atom stereocenters. The predicted molar refractivity (Wildman–Crippen MR) is 339 cm³/mol. The highest BCUT2D eigenvalue weighted by molar-refractivity contribution is 5.71. The first kappa shape index (κ1) is 74.3. The highest BCUT2D eigenvalue weighted by atomic mass is 16.6. The molecule has 0 bridgehead atoms. The van der Waals surface area contributed by atoms with Crippen LogP contribution in [0.1, 0.15) is 323 Å². The first-order valence-electron chi connectivity index (χ1n) is 33.2. The lowest BCUT2D eigenvalue weighted by molar-refractivity contribution is -0.167. The number of carbonyl (C=O) groups excluding carboxylic acids is 3. The van der Waals surface area contributed by atoms with Crippen LogP contribution < -0.4 is 0 Å². The maximum Gasteiger partial charge on any atom is 0.306 e. The molecule has 0 aromatic heterocycles. The summed E-state index contributed by atoms with van der Waals surface area (Å²) in [7, 11) is 0. The Labute approximate surface area is 483 Å². The molecule has 0 rings (SSSR count). The lowest BCUT2D eigenvalue weighted by atomic mass is 10.0. The summed E-state index contributed by atoms with van der Waals surface area (Å²) in [6.45, 7) is 6.51. The molecular weight excluding hydrogens is 961 g/mol. The van der Waals surface area contributed by atoms with E-state index in [-0.39, 0.29) is 31.1 Å². The SMILES string of the molecule is CC/C=C\C/C=C\C/C=C\C/C=C\C/C=C\CCCCCCCC(=O)OC(COC(=O)CCCCCCC/C=C\C/C=C\CCCCCC)COC(=O)CCCCCCCCCCCCC/C=C\CCCCCCCCCC. The number of allylic oxidation sites excluding steroid dienone is 16. The van der Waals surface area contributed by atoms with Crippen molar-refractivity contribution in [3.8, 4) is 0 Å². The van der Waals surface area contributed by atoms with E-state index in [2.05, 4.69) is 118 Å². The van der Waals surface area contributed by atoms with E-state index in [1.165, 1.54) is 148 Å². The van der Waals surface area contributed by atoms with Crippen LogP contribution in [0.5, 0.6) is 0 Å². The molecule has 0 aliphatic heterocycles. The average Bonchev–Trinajstić information content (AvgIpc) is 3.44. The smallest absolute Gasteiger partial charge is 0.306 e. The Kier molecular flexibility index (Phi) is 62.7. The number of ether oxygens (including phenoxy) is 3. The fourth-order valence-electron chi connectivity index (χ4n) is 9.32. The molecule has 6 nitrogen and oxygen atoms in total. The summed E-state index contributed by atoms with van der Waals surface area (Å²) in [4.78, 5) is 38.4. The first-order valence-corrected chi connectivity index (χ1v) is 33.2. The molecule has 0 aliphatic carbocycles. The van der Waals surface area contributed by atoms with E-state index in [0.717, 1.165) is 135 Å². The minimum absolute atomic E-state index is 0.0898. The third-order valence-electron chi connectivity index (χ3n) is 14.3. The summed E-state index contributed by atoms with van der Waals surface area (Å²) in [6.07, 6.45) is 88.4. The van der Waals surface area contributed by atoms with Crippen LogP contribution in [-0.2, 0) is 28.6 Å². The zero-order valence-corrected chi connectivity index (χ0v) is 51.4. The van der Waals surface area contributed by atoms with Gasteiger partial charge in [0, 0.05) is 19.3 Å². The van der Waals surface area contributed by atoms with Gasteiger partial charge in [0.1, 0.15) is 13.2 Å². The Morgan fingerprint density at radius 3 is 0.808 bits per heavy atom. The quantitative estimate of drug-likeness (QED) is 0.0261. The highest BCUT2D eigenvalue weighted by Crippen LogP contribution is 2.16. The second-order valence-corrected chi connectivity index (χ2v) is 22.0.